The number of hydrogen-bond donors (Lipinski definition) is 1. The molecule has 0 unspecified atom stereocenters. The molecule has 0 aromatic rings. The van der Waals surface area contributed by atoms with Gasteiger partial charge in [-0.25, -0.2) is 0 Å². The molecule has 0 saturated heterocycles. The summed E-state index contributed by atoms with van der Waals surface area (Å²) in [7, 11) is 0.556. The van der Waals surface area contributed by atoms with Crippen LogP contribution in [-0.4, -0.2) is 42.8 Å². The first-order chi connectivity index (χ1) is 4.35. The van der Waals surface area contributed by atoms with Gasteiger partial charge in [-0.05, 0) is 24.3 Å². The molecule has 0 N–H and O–H groups in total. The normalized spacial score (nSPS) is 9.60. The summed E-state index contributed by atoms with van der Waals surface area (Å²) in [6.45, 7) is 5.27. The van der Waals surface area contributed by atoms with Crippen molar-refractivity contribution in [1.82, 2.24) is 0 Å². The summed E-state index contributed by atoms with van der Waals surface area (Å²) in [4.78, 5) is 0. The molecule has 10 heavy (non-hydrogen) atoms. The van der Waals surface area contributed by atoms with Gasteiger partial charge in [-0.2, -0.15) is 0 Å². The molecule has 0 spiro atoms. The van der Waals surface area contributed by atoms with Crippen molar-refractivity contribution in [3.05, 3.63) is 0 Å². The molecule has 0 saturated carbocycles. The summed E-state index contributed by atoms with van der Waals surface area (Å²) in [5.41, 5.74) is 0. The Morgan fingerprint density at radius 1 is 1.30 bits per heavy atom. The van der Waals surface area contributed by atoms with E-state index in [4.69, 9.17) is 9.05 Å². The topological polar surface area (TPSA) is 18.5 Å². The minimum atomic E-state index is -0.778. The third-order valence-corrected chi connectivity index (χ3v) is 3.84. The minimum absolute atomic E-state index is 0. The molecule has 6 heteroatoms. The number of thiol groups is 1. The van der Waals surface area contributed by atoms with Gasteiger partial charge in [-0.3, -0.25) is 0 Å². The summed E-state index contributed by atoms with van der Waals surface area (Å²) in [6.07, 6.45) is 0. The molecule has 0 rings (SSSR count). The third-order valence-electron chi connectivity index (χ3n) is 0.536. The maximum atomic E-state index is 5.16. The zero-order valence-electron chi connectivity index (χ0n) is 5.53. The standard InChI is InChI=1S/C4H11O2PS2.Na.H/c1-3-5-7(9-8)6-4-2;;/h8H,3-4H2,1-2H3;;. The van der Waals surface area contributed by atoms with E-state index in [1.807, 2.05) is 13.8 Å². The molecule has 58 valence electrons. The Balaban J connectivity index is 0. The summed E-state index contributed by atoms with van der Waals surface area (Å²) in [5.74, 6) is 0. The zero-order chi connectivity index (χ0) is 7.11. The van der Waals surface area contributed by atoms with Gasteiger partial charge >= 0.3 is 29.6 Å². The molecule has 0 aliphatic heterocycles. The average molecular weight is 210 g/mol. The Labute approximate surface area is 94.6 Å². The Hall–Kier alpha value is 2.05. The van der Waals surface area contributed by atoms with Gasteiger partial charge in [0.05, 0.1) is 13.2 Å². The second kappa shape index (κ2) is 11.1. The maximum absolute atomic E-state index is 5.16. The fourth-order valence-electron chi connectivity index (χ4n) is 0.295. The summed E-state index contributed by atoms with van der Waals surface area (Å²) < 4.78 is 10.3. The van der Waals surface area contributed by atoms with Gasteiger partial charge in [0.1, 0.15) is 0 Å². The quantitative estimate of drug-likeness (QED) is 0.325. The van der Waals surface area contributed by atoms with Crippen LogP contribution in [-0.2, 0) is 9.05 Å². The first-order valence-corrected chi connectivity index (χ1v) is 6.37. The SMILES string of the molecule is CCOP(OCC)SS.[NaH]. The van der Waals surface area contributed by atoms with Crippen LogP contribution in [0.5, 0.6) is 0 Å². The predicted molar refractivity (Wildman–Crippen MR) is 53.9 cm³/mol. The second-order valence-corrected chi connectivity index (χ2v) is 5.12. The Kier molecular flexibility index (Phi) is 16.1. The molecule has 0 atom stereocenters. The van der Waals surface area contributed by atoms with Crippen LogP contribution in [0.2, 0.25) is 0 Å². The van der Waals surface area contributed by atoms with Gasteiger partial charge in [-0.1, -0.05) is 0 Å². The van der Waals surface area contributed by atoms with Crippen molar-refractivity contribution in [2.45, 2.75) is 13.8 Å². The molecule has 0 radical (unpaired) electrons. The van der Waals surface area contributed by atoms with Gasteiger partial charge in [0, 0.05) is 0 Å². The van der Waals surface area contributed by atoms with E-state index >= 15 is 0 Å². The monoisotopic (exact) mass is 210 g/mol. The van der Waals surface area contributed by atoms with E-state index in [2.05, 4.69) is 11.7 Å². The van der Waals surface area contributed by atoms with Crippen LogP contribution in [0.1, 0.15) is 13.8 Å². The summed E-state index contributed by atoms with van der Waals surface area (Å²) in [6, 6.07) is 0. The molecular weight excluding hydrogens is 198 g/mol. The molecule has 0 aromatic heterocycles. The van der Waals surface area contributed by atoms with E-state index in [1.54, 1.807) is 0 Å². The van der Waals surface area contributed by atoms with E-state index in [0.29, 0.717) is 13.2 Å². The molecular formula is C4H12NaO2PS2. The Morgan fingerprint density at radius 2 is 1.70 bits per heavy atom. The number of hydrogen-bond acceptors (Lipinski definition) is 4. The first-order valence-electron chi connectivity index (χ1n) is 2.72. The van der Waals surface area contributed by atoms with Gasteiger partial charge in [0.25, 0.3) is 0 Å². The van der Waals surface area contributed by atoms with Crippen molar-refractivity contribution in [3.8, 4) is 0 Å². The van der Waals surface area contributed by atoms with Gasteiger partial charge in [0.2, 0.25) is 7.58 Å². The molecule has 0 aliphatic rings. The van der Waals surface area contributed by atoms with E-state index < -0.39 is 7.58 Å². The molecule has 0 heterocycles. The van der Waals surface area contributed by atoms with Gasteiger partial charge in [0.15, 0.2) is 0 Å². The third kappa shape index (κ3) is 8.15. The van der Waals surface area contributed by atoms with Crippen LogP contribution in [0, 0.1) is 0 Å². The van der Waals surface area contributed by atoms with Crippen LogP contribution >= 0.6 is 29.7 Å². The van der Waals surface area contributed by atoms with Crippen LogP contribution in [0.15, 0.2) is 0 Å². The molecule has 0 amide bonds. The molecule has 0 fully saturated rings. The van der Waals surface area contributed by atoms with Crippen LogP contribution in [0.4, 0.5) is 0 Å². The fourth-order valence-corrected chi connectivity index (χ4v) is 2.65. The van der Waals surface area contributed by atoms with Crippen LogP contribution < -0.4 is 0 Å². The van der Waals surface area contributed by atoms with Crippen molar-refractivity contribution in [2.24, 2.45) is 0 Å². The second-order valence-electron chi connectivity index (χ2n) is 1.14. The van der Waals surface area contributed by atoms with Crippen LogP contribution in [0.25, 0.3) is 0 Å². The van der Waals surface area contributed by atoms with E-state index in [-0.39, 0.29) is 29.6 Å². The fraction of sp³-hybridized carbons (Fsp3) is 1.00. The Bertz CT molecular complexity index is 63.2. The van der Waals surface area contributed by atoms with Crippen molar-refractivity contribution in [3.63, 3.8) is 0 Å². The van der Waals surface area contributed by atoms with E-state index in [9.17, 15) is 0 Å². The van der Waals surface area contributed by atoms with E-state index in [1.165, 1.54) is 10.4 Å². The van der Waals surface area contributed by atoms with Gasteiger partial charge in [-0.15, -0.1) is 11.7 Å². The summed E-state index contributed by atoms with van der Waals surface area (Å²) in [5, 5.41) is 0. The predicted octanol–water partition coefficient (Wildman–Crippen LogP) is 2.22. The van der Waals surface area contributed by atoms with Crippen LogP contribution in [0.3, 0.4) is 0 Å². The molecule has 0 aromatic carbocycles. The van der Waals surface area contributed by atoms with Crippen molar-refractivity contribution in [2.75, 3.05) is 13.2 Å². The average Bonchev–Trinajstić information content (AvgIpc) is 1.88. The first kappa shape index (κ1) is 14.6. The van der Waals surface area contributed by atoms with Crippen molar-refractivity contribution in [1.29, 1.82) is 0 Å². The zero-order valence-corrected chi connectivity index (χ0v) is 8.14. The van der Waals surface area contributed by atoms with Crippen molar-refractivity contribution >= 4 is 59.2 Å². The molecule has 0 bridgehead atoms. The van der Waals surface area contributed by atoms with E-state index in [0.717, 1.165) is 0 Å². The molecule has 0 aliphatic carbocycles. The Morgan fingerprint density at radius 3 is 1.90 bits per heavy atom. The van der Waals surface area contributed by atoms with Crippen molar-refractivity contribution < 1.29 is 9.05 Å². The number of rotatable bonds is 5. The molecule has 2 nitrogen and oxygen atoms in total. The van der Waals surface area contributed by atoms with Gasteiger partial charge < -0.3 is 9.05 Å². The summed E-state index contributed by atoms with van der Waals surface area (Å²) >= 11 is 3.98.